The minimum Gasteiger partial charge on any atom is -0.497 e. The first-order chi connectivity index (χ1) is 10.8. The van der Waals surface area contributed by atoms with Crippen molar-refractivity contribution in [3.8, 4) is 5.75 Å². The second-order valence-electron chi connectivity index (χ2n) is 6.98. The number of likely N-dealkylation sites (tertiary alicyclic amines) is 1. The standard InChI is InChI=1S/C18H26N2O3/c1-18(2,3)17(22)20-10-6-9-15(20)16(21)19-12-13-7-5-8-14(11-13)23-4/h5,7-8,11,15H,6,9-10,12H2,1-4H3,(H,19,21)/t15-/m0/s1. The molecule has 1 aliphatic heterocycles. The van der Waals surface area contributed by atoms with Gasteiger partial charge in [-0.1, -0.05) is 32.9 Å². The Morgan fingerprint density at radius 1 is 1.35 bits per heavy atom. The quantitative estimate of drug-likeness (QED) is 0.927. The monoisotopic (exact) mass is 318 g/mol. The molecule has 1 aromatic rings. The normalized spacial score (nSPS) is 17.9. The summed E-state index contributed by atoms with van der Waals surface area (Å²) in [7, 11) is 1.62. The molecule has 1 atom stereocenters. The molecule has 0 aromatic heterocycles. The second-order valence-corrected chi connectivity index (χ2v) is 6.98. The second kappa shape index (κ2) is 7.02. The number of methoxy groups -OCH3 is 1. The molecule has 5 heteroatoms. The van der Waals surface area contributed by atoms with Crippen molar-refractivity contribution in [2.24, 2.45) is 5.41 Å². The molecule has 1 heterocycles. The van der Waals surface area contributed by atoms with Gasteiger partial charge in [-0.3, -0.25) is 9.59 Å². The Kier molecular flexibility index (Phi) is 5.29. The topological polar surface area (TPSA) is 58.6 Å². The van der Waals surface area contributed by atoms with Gasteiger partial charge in [-0.25, -0.2) is 0 Å². The number of carbonyl (C=O) groups is 2. The summed E-state index contributed by atoms with van der Waals surface area (Å²) in [5.41, 5.74) is 0.514. The molecule has 1 aliphatic rings. The zero-order valence-corrected chi connectivity index (χ0v) is 14.4. The van der Waals surface area contributed by atoms with Crippen molar-refractivity contribution in [3.63, 3.8) is 0 Å². The van der Waals surface area contributed by atoms with Gasteiger partial charge >= 0.3 is 0 Å². The van der Waals surface area contributed by atoms with Crippen LogP contribution in [0.3, 0.4) is 0 Å². The van der Waals surface area contributed by atoms with E-state index in [0.717, 1.165) is 24.2 Å². The lowest BCUT2D eigenvalue weighted by atomic mass is 9.94. The highest BCUT2D eigenvalue weighted by Crippen LogP contribution is 2.25. The first-order valence-corrected chi connectivity index (χ1v) is 8.04. The number of hydrogen-bond donors (Lipinski definition) is 1. The zero-order chi connectivity index (χ0) is 17.0. The number of ether oxygens (including phenoxy) is 1. The fourth-order valence-corrected chi connectivity index (χ4v) is 2.80. The summed E-state index contributed by atoms with van der Waals surface area (Å²) in [6.45, 7) is 6.76. The zero-order valence-electron chi connectivity index (χ0n) is 14.4. The number of nitrogens with one attached hydrogen (secondary N) is 1. The highest BCUT2D eigenvalue weighted by molar-refractivity contribution is 5.90. The van der Waals surface area contributed by atoms with E-state index >= 15 is 0 Å². The molecule has 0 unspecified atom stereocenters. The Hall–Kier alpha value is -2.04. The van der Waals surface area contributed by atoms with E-state index < -0.39 is 5.41 Å². The van der Waals surface area contributed by atoms with Crippen molar-refractivity contribution >= 4 is 11.8 Å². The van der Waals surface area contributed by atoms with Gasteiger partial charge in [0, 0.05) is 18.5 Å². The summed E-state index contributed by atoms with van der Waals surface area (Å²) >= 11 is 0. The lowest BCUT2D eigenvalue weighted by Crippen LogP contribution is -2.49. The molecular formula is C18H26N2O3. The minimum absolute atomic E-state index is 0.0385. The molecule has 0 aliphatic carbocycles. The van der Waals surface area contributed by atoms with Gasteiger partial charge in [-0.05, 0) is 30.5 Å². The van der Waals surface area contributed by atoms with E-state index in [1.54, 1.807) is 12.0 Å². The molecule has 0 spiro atoms. The summed E-state index contributed by atoms with van der Waals surface area (Å²) in [5, 5.41) is 2.94. The Morgan fingerprint density at radius 2 is 2.09 bits per heavy atom. The molecule has 23 heavy (non-hydrogen) atoms. The van der Waals surface area contributed by atoms with Crippen molar-refractivity contribution in [3.05, 3.63) is 29.8 Å². The molecule has 1 saturated heterocycles. The largest absolute Gasteiger partial charge is 0.497 e. The molecule has 2 amide bonds. The van der Waals surface area contributed by atoms with Gasteiger partial charge in [0.1, 0.15) is 11.8 Å². The predicted octanol–water partition coefficient (Wildman–Crippen LogP) is 2.35. The average Bonchev–Trinajstić information content (AvgIpc) is 3.00. The Balaban J connectivity index is 1.98. The van der Waals surface area contributed by atoms with E-state index in [1.165, 1.54) is 0 Å². The maximum Gasteiger partial charge on any atom is 0.243 e. The van der Waals surface area contributed by atoms with Crippen LogP contribution in [0.5, 0.6) is 5.75 Å². The van der Waals surface area contributed by atoms with Gasteiger partial charge in [0.15, 0.2) is 0 Å². The third-order valence-corrected chi connectivity index (χ3v) is 4.06. The van der Waals surface area contributed by atoms with Gasteiger partial charge < -0.3 is 15.0 Å². The number of hydrogen-bond acceptors (Lipinski definition) is 3. The number of carbonyl (C=O) groups excluding carboxylic acids is 2. The summed E-state index contributed by atoms with van der Waals surface area (Å²) in [5.74, 6) is 0.724. The van der Waals surface area contributed by atoms with E-state index in [-0.39, 0.29) is 17.9 Å². The number of rotatable bonds is 4. The Morgan fingerprint density at radius 3 is 2.74 bits per heavy atom. The SMILES string of the molecule is COc1cccc(CNC(=O)[C@@H]2CCCN2C(=O)C(C)(C)C)c1. The lowest BCUT2D eigenvalue weighted by Gasteiger charge is -2.30. The van der Waals surface area contributed by atoms with E-state index in [9.17, 15) is 9.59 Å². The van der Waals surface area contributed by atoms with Crippen LogP contribution in [-0.2, 0) is 16.1 Å². The molecule has 126 valence electrons. The number of benzene rings is 1. The Labute approximate surface area is 138 Å². The maximum atomic E-state index is 12.5. The fourth-order valence-electron chi connectivity index (χ4n) is 2.80. The van der Waals surface area contributed by atoms with Gasteiger partial charge in [0.25, 0.3) is 0 Å². The Bertz CT molecular complexity index is 578. The lowest BCUT2D eigenvalue weighted by molar-refractivity contribution is -0.144. The van der Waals surface area contributed by atoms with Crippen molar-refractivity contribution < 1.29 is 14.3 Å². The number of nitrogens with zero attached hydrogens (tertiary/aromatic N) is 1. The summed E-state index contributed by atoms with van der Waals surface area (Å²) < 4.78 is 5.18. The summed E-state index contributed by atoms with van der Waals surface area (Å²) in [6.07, 6.45) is 1.60. The predicted molar refractivity (Wildman–Crippen MR) is 89.0 cm³/mol. The van der Waals surface area contributed by atoms with Crippen LogP contribution in [0, 0.1) is 5.41 Å². The van der Waals surface area contributed by atoms with Crippen molar-refractivity contribution in [2.75, 3.05) is 13.7 Å². The first-order valence-electron chi connectivity index (χ1n) is 8.04. The third kappa shape index (κ3) is 4.24. The molecule has 2 rings (SSSR count). The molecule has 0 radical (unpaired) electrons. The molecule has 0 bridgehead atoms. The smallest absolute Gasteiger partial charge is 0.243 e. The van der Waals surface area contributed by atoms with Crippen LogP contribution < -0.4 is 10.1 Å². The van der Waals surface area contributed by atoms with Gasteiger partial charge in [-0.15, -0.1) is 0 Å². The highest BCUT2D eigenvalue weighted by atomic mass is 16.5. The van der Waals surface area contributed by atoms with Gasteiger partial charge in [0.2, 0.25) is 11.8 Å². The fraction of sp³-hybridized carbons (Fsp3) is 0.556. The average molecular weight is 318 g/mol. The van der Waals surface area contributed by atoms with Gasteiger partial charge in [0.05, 0.1) is 7.11 Å². The van der Waals surface area contributed by atoms with Crippen molar-refractivity contribution in [2.45, 2.75) is 46.2 Å². The van der Waals surface area contributed by atoms with Gasteiger partial charge in [-0.2, -0.15) is 0 Å². The number of amides is 2. The minimum atomic E-state index is -0.463. The van der Waals surface area contributed by atoms with Crippen LogP contribution in [0.1, 0.15) is 39.2 Å². The molecule has 1 fully saturated rings. The molecule has 1 N–H and O–H groups in total. The van der Waals surface area contributed by atoms with Crippen LogP contribution in [0.15, 0.2) is 24.3 Å². The van der Waals surface area contributed by atoms with E-state index in [4.69, 9.17) is 4.74 Å². The van der Waals surface area contributed by atoms with E-state index in [1.807, 2.05) is 45.0 Å². The summed E-state index contributed by atoms with van der Waals surface area (Å²) in [4.78, 5) is 26.7. The van der Waals surface area contributed by atoms with Crippen LogP contribution in [-0.4, -0.2) is 36.4 Å². The molecule has 0 saturated carbocycles. The van der Waals surface area contributed by atoms with Crippen LogP contribution in [0.2, 0.25) is 0 Å². The first kappa shape index (κ1) is 17.3. The van der Waals surface area contributed by atoms with Crippen molar-refractivity contribution in [1.29, 1.82) is 0 Å². The van der Waals surface area contributed by atoms with Crippen LogP contribution >= 0.6 is 0 Å². The van der Waals surface area contributed by atoms with E-state index in [2.05, 4.69) is 5.32 Å². The van der Waals surface area contributed by atoms with E-state index in [0.29, 0.717) is 13.1 Å². The molecule has 1 aromatic carbocycles. The molecular weight excluding hydrogens is 292 g/mol. The summed E-state index contributed by atoms with van der Waals surface area (Å²) in [6, 6.07) is 7.24. The van der Waals surface area contributed by atoms with Crippen LogP contribution in [0.25, 0.3) is 0 Å². The highest BCUT2D eigenvalue weighted by Gasteiger charge is 2.38. The maximum absolute atomic E-state index is 12.5. The van der Waals surface area contributed by atoms with Crippen molar-refractivity contribution in [1.82, 2.24) is 10.2 Å². The third-order valence-electron chi connectivity index (χ3n) is 4.06. The molecule has 5 nitrogen and oxygen atoms in total. The van der Waals surface area contributed by atoms with Crippen LogP contribution in [0.4, 0.5) is 0 Å².